The number of halogens is 1. The van der Waals surface area contributed by atoms with Gasteiger partial charge in [-0.3, -0.25) is 9.58 Å². The van der Waals surface area contributed by atoms with Crippen LogP contribution in [-0.4, -0.2) is 78.0 Å². The van der Waals surface area contributed by atoms with Gasteiger partial charge in [0.25, 0.3) is 0 Å². The minimum absolute atomic E-state index is 0.310. The molecule has 37 heavy (non-hydrogen) atoms. The Morgan fingerprint density at radius 1 is 1.08 bits per heavy atom. The fourth-order valence-corrected chi connectivity index (χ4v) is 5.72. The van der Waals surface area contributed by atoms with E-state index in [2.05, 4.69) is 26.4 Å². The molecule has 1 saturated heterocycles. The van der Waals surface area contributed by atoms with Gasteiger partial charge in [0.05, 0.1) is 30.2 Å². The van der Waals surface area contributed by atoms with E-state index in [0.717, 1.165) is 68.3 Å². The normalized spacial score (nSPS) is 16.7. The van der Waals surface area contributed by atoms with Gasteiger partial charge in [0.2, 0.25) is 10.0 Å². The number of sulfonamides is 1. The molecule has 1 fully saturated rings. The lowest BCUT2D eigenvalue weighted by atomic mass is 10.0. The van der Waals surface area contributed by atoms with E-state index >= 15 is 0 Å². The second-order valence-corrected chi connectivity index (χ2v) is 11.7. The quantitative estimate of drug-likeness (QED) is 0.448. The number of hydrogen-bond acceptors (Lipinski definition) is 6. The van der Waals surface area contributed by atoms with Crippen molar-refractivity contribution in [2.75, 3.05) is 45.6 Å². The molecule has 0 atom stereocenters. The highest BCUT2D eigenvalue weighted by Gasteiger charge is 2.29. The number of ether oxygens (including phenoxy) is 1. The highest BCUT2D eigenvalue weighted by molar-refractivity contribution is 7.88. The summed E-state index contributed by atoms with van der Waals surface area (Å²) in [6, 6.07) is 11.3. The molecule has 0 bridgehead atoms. The molecule has 0 spiro atoms. The molecule has 5 rings (SSSR count). The highest BCUT2D eigenvalue weighted by atomic mass is 35.5. The largest absolute Gasteiger partial charge is 0.379 e. The van der Waals surface area contributed by atoms with Crippen molar-refractivity contribution in [1.29, 1.82) is 0 Å². The highest BCUT2D eigenvalue weighted by Crippen LogP contribution is 2.33. The van der Waals surface area contributed by atoms with Crippen LogP contribution in [0.25, 0.3) is 11.3 Å². The summed E-state index contributed by atoms with van der Waals surface area (Å²) in [5, 5.41) is 5.54. The van der Waals surface area contributed by atoms with E-state index in [1.165, 1.54) is 10.6 Å². The molecular formula is C27H30ClN5O3S. The van der Waals surface area contributed by atoms with E-state index in [0.29, 0.717) is 35.8 Å². The third kappa shape index (κ3) is 6.22. The molecule has 4 heterocycles. The van der Waals surface area contributed by atoms with Gasteiger partial charge in [-0.1, -0.05) is 29.7 Å². The molecule has 0 unspecified atom stereocenters. The second kappa shape index (κ2) is 11.3. The lowest BCUT2D eigenvalue weighted by Gasteiger charge is -2.27. The summed E-state index contributed by atoms with van der Waals surface area (Å²) in [7, 11) is -3.32. The molecule has 0 radical (unpaired) electrons. The predicted octanol–water partition coefficient (Wildman–Crippen LogP) is 3.04. The van der Waals surface area contributed by atoms with Crippen LogP contribution in [0, 0.1) is 11.8 Å². The minimum Gasteiger partial charge on any atom is -0.379 e. The Morgan fingerprint density at radius 3 is 2.68 bits per heavy atom. The van der Waals surface area contributed by atoms with Crippen molar-refractivity contribution in [2.45, 2.75) is 25.9 Å². The van der Waals surface area contributed by atoms with Crippen molar-refractivity contribution >= 4 is 21.6 Å². The Hall–Kier alpha value is -2.74. The van der Waals surface area contributed by atoms with Crippen LogP contribution in [-0.2, 0) is 34.3 Å². The molecule has 0 saturated carbocycles. The molecule has 0 amide bonds. The van der Waals surface area contributed by atoms with Crippen LogP contribution in [0.1, 0.15) is 28.9 Å². The minimum atomic E-state index is -3.32. The van der Waals surface area contributed by atoms with E-state index in [1.807, 2.05) is 36.4 Å². The number of rotatable bonds is 6. The molecule has 10 heteroatoms. The predicted molar refractivity (Wildman–Crippen MR) is 144 cm³/mol. The maximum Gasteiger partial charge on any atom is 0.211 e. The fraction of sp³-hybridized carbons (Fsp3) is 0.407. The number of aryl methyl sites for hydroxylation is 1. The van der Waals surface area contributed by atoms with Gasteiger partial charge < -0.3 is 4.74 Å². The number of morpholine rings is 1. The summed E-state index contributed by atoms with van der Waals surface area (Å²) in [5.74, 6) is 6.19. The van der Waals surface area contributed by atoms with Crippen molar-refractivity contribution in [3.8, 4) is 23.1 Å². The van der Waals surface area contributed by atoms with Crippen LogP contribution in [0.2, 0.25) is 5.02 Å². The molecule has 0 aliphatic carbocycles. The molecule has 3 aromatic rings. The lowest BCUT2D eigenvalue weighted by Crippen LogP contribution is -2.37. The third-order valence-electron chi connectivity index (χ3n) is 6.75. The van der Waals surface area contributed by atoms with Crippen molar-refractivity contribution in [1.82, 2.24) is 24.0 Å². The third-order valence-corrected chi connectivity index (χ3v) is 8.33. The van der Waals surface area contributed by atoms with Gasteiger partial charge >= 0.3 is 0 Å². The Morgan fingerprint density at radius 2 is 1.92 bits per heavy atom. The molecule has 1 aromatic carbocycles. The summed E-state index contributed by atoms with van der Waals surface area (Å²) in [5.41, 5.74) is 5.05. The zero-order valence-electron chi connectivity index (χ0n) is 20.9. The van der Waals surface area contributed by atoms with Gasteiger partial charge in [0.15, 0.2) is 0 Å². The van der Waals surface area contributed by atoms with Gasteiger partial charge in [-0.25, -0.2) is 13.4 Å². The van der Waals surface area contributed by atoms with Gasteiger partial charge in [-0.2, -0.15) is 9.40 Å². The summed E-state index contributed by atoms with van der Waals surface area (Å²) < 4.78 is 33.8. The van der Waals surface area contributed by atoms with Crippen LogP contribution in [0.3, 0.4) is 0 Å². The van der Waals surface area contributed by atoms with E-state index in [1.54, 1.807) is 6.20 Å². The fourth-order valence-electron chi connectivity index (χ4n) is 4.77. The van der Waals surface area contributed by atoms with E-state index in [9.17, 15) is 8.42 Å². The average Bonchev–Trinajstić information content (AvgIpc) is 3.27. The topological polar surface area (TPSA) is 80.6 Å². The van der Waals surface area contributed by atoms with Crippen LogP contribution in [0.5, 0.6) is 0 Å². The zero-order chi connectivity index (χ0) is 25.8. The smallest absolute Gasteiger partial charge is 0.211 e. The number of aromatic nitrogens is 3. The number of nitrogens with zero attached hydrogens (tertiary/aromatic N) is 5. The van der Waals surface area contributed by atoms with Crippen LogP contribution < -0.4 is 0 Å². The van der Waals surface area contributed by atoms with Gasteiger partial charge in [0, 0.05) is 74.3 Å². The molecule has 8 nitrogen and oxygen atoms in total. The second-order valence-electron chi connectivity index (χ2n) is 9.31. The van der Waals surface area contributed by atoms with Crippen LogP contribution >= 0.6 is 11.6 Å². The number of hydrogen-bond donors (Lipinski definition) is 0. The van der Waals surface area contributed by atoms with E-state index in [4.69, 9.17) is 21.4 Å². The van der Waals surface area contributed by atoms with Crippen LogP contribution in [0.4, 0.5) is 0 Å². The van der Waals surface area contributed by atoms with E-state index < -0.39 is 10.0 Å². The van der Waals surface area contributed by atoms with Crippen molar-refractivity contribution < 1.29 is 13.2 Å². The van der Waals surface area contributed by atoms with Gasteiger partial charge in [-0.05, 0) is 36.6 Å². The molecule has 2 aromatic heterocycles. The van der Waals surface area contributed by atoms with Crippen molar-refractivity contribution in [2.24, 2.45) is 0 Å². The first-order valence-electron chi connectivity index (χ1n) is 12.5. The SMILES string of the molecule is CS(=O)(=O)N1CCc2c(c(-c3ccc(Cl)c(C#Cc4ccccn4)c3)nn2CCCN2CCOCC2)C1. The first-order chi connectivity index (χ1) is 17.9. The number of pyridine rings is 1. The lowest BCUT2D eigenvalue weighted by molar-refractivity contribution is 0.0368. The zero-order valence-corrected chi connectivity index (χ0v) is 22.4. The van der Waals surface area contributed by atoms with E-state index in [-0.39, 0.29) is 0 Å². The Bertz CT molecular complexity index is 1420. The summed E-state index contributed by atoms with van der Waals surface area (Å²) in [4.78, 5) is 6.67. The maximum absolute atomic E-state index is 12.4. The average molecular weight is 540 g/mol. The monoisotopic (exact) mass is 539 g/mol. The maximum atomic E-state index is 12.4. The molecule has 194 valence electrons. The summed E-state index contributed by atoms with van der Waals surface area (Å²) in [6.07, 6.45) is 4.56. The Labute approximate surface area is 223 Å². The first-order valence-corrected chi connectivity index (χ1v) is 14.7. The summed E-state index contributed by atoms with van der Waals surface area (Å²) >= 11 is 6.47. The standard InChI is InChI=1S/C27H30ClN5O3S/c1-37(34,35)32-14-10-26-24(20-32)27(30-33(26)13-4-12-31-15-17-36-18-16-31)22-7-9-25(28)21(19-22)6-8-23-5-2-3-11-29-23/h2-3,5,7,9,11,19H,4,10,12-18,20H2,1H3. The van der Waals surface area contributed by atoms with Gasteiger partial charge in [-0.15, -0.1) is 0 Å². The Balaban J connectivity index is 1.46. The van der Waals surface area contributed by atoms with Crippen molar-refractivity contribution in [3.05, 3.63) is 70.1 Å². The molecule has 2 aliphatic heterocycles. The summed E-state index contributed by atoms with van der Waals surface area (Å²) in [6.45, 7) is 6.01. The molecule has 0 N–H and O–H groups in total. The Kier molecular flexibility index (Phi) is 7.93. The first kappa shape index (κ1) is 25.9. The van der Waals surface area contributed by atoms with Gasteiger partial charge in [0.1, 0.15) is 5.69 Å². The number of benzene rings is 1. The van der Waals surface area contributed by atoms with Crippen LogP contribution in [0.15, 0.2) is 42.6 Å². The molecular weight excluding hydrogens is 510 g/mol. The van der Waals surface area contributed by atoms with Crippen molar-refractivity contribution in [3.63, 3.8) is 0 Å². The molecule has 2 aliphatic rings. The number of fused-ring (bicyclic) bond motifs is 1.